The van der Waals surface area contributed by atoms with Crippen LogP contribution in [0.15, 0.2) is 10.5 Å². The van der Waals surface area contributed by atoms with E-state index in [1.165, 1.54) is 6.07 Å². The lowest BCUT2D eigenvalue weighted by atomic mass is 10.4. The minimum Gasteiger partial charge on any atom is -0.504 e. The highest BCUT2D eigenvalue weighted by Gasteiger charge is 2.05. The molecule has 0 unspecified atom stereocenters. The van der Waals surface area contributed by atoms with Gasteiger partial charge >= 0.3 is 0 Å². The first-order chi connectivity index (χ1) is 5.15. The lowest BCUT2D eigenvalue weighted by Gasteiger charge is -2.03. The van der Waals surface area contributed by atoms with Gasteiger partial charge in [-0.3, -0.25) is 0 Å². The molecule has 0 saturated carbocycles. The van der Waals surface area contributed by atoms with Crippen LogP contribution in [-0.4, -0.2) is 17.1 Å². The van der Waals surface area contributed by atoms with Crippen molar-refractivity contribution < 1.29 is 5.11 Å². The Hall–Kier alpha value is -0.480. The highest BCUT2D eigenvalue weighted by atomic mass is 79.9. The van der Waals surface area contributed by atoms with Gasteiger partial charge in [0.15, 0.2) is 11.6 Å². The lowest BCUT2D eigenvalue weighted by Crippen LogP contribution is -1.92. The lowest BCUT2D eigenvalue weighted by molar-refractivity contribution is 0.475. The van der Waals surface area contributed by atoms with Crippen molar-refractivity contribution in [1.82, 2.24) is 4.98 Å². The number of aromatic hydroxyl groups is 1. The molecule has 0 spiro atoms. The molecule has 0 amide bonds. The average Bonchev–Trinajstić information content (AvgIpc) is 1.97. The summed E-state index contributed by atoms with van der Waals surface area (Å²) in [5.74, 6) is 0.446. The number of nitrogens with zero attached hydrogens (tertiary/aromatic N) is 1. The molecule has 0 bridgehead atoms. The summed E-state index contributed by atoms with van der Waals surface area (Å²) in [6.45, 7) is 0. The van der Waals surface area contributed by atoms with Crippen molar-refractivity contribution in [2.24, 2.45) is 0 Å². The Balaban J connectivity index is 3.21. The molecule has 0 aliphatic rings. The first-order valence-corrected chi connectivity index (χ1v) is 4.05. The number of nitrogens with one attached hydrogen (secondary N) is 1. The van der Waals surface area contributed by atoms with Crippen LogP contribution in [0.2, 0.25) is 5.15 Å². The molecule has 3 nitrogen and oxygen atoms in total. The Bertz CT molecular complexity index is 280. The molecule has 0 fully saturated rings. The molecule has 60 valence electrons. The van der Waals surface area contributed by atoms with Crippen LogP contribution in [0.3, 0.4) is 0 Å². The number of pyridine rings is 1. The zero-order valence-corrected chi connectivity index (χ0v) is 8.07. The van der Waals surface area contributed by atoms with Crippen molar-refractivity contribution in [2.45, 2.75) is 0 Å². The molecule has 1 rings (SSSR count). The predicted octanol–water partition coefficient (Wildman–Crippen LogP) is 2.24. The van der Waals surface area contributed by atoms with Crippen LogP contribution in [0.5, 0.6) is 5.75 Å². The second kappa shape index (κ2) is 3.28. The maximum Gasteiger partial charge on any atom is 0.169 e. The van der Waals surface area contributed by atoms with Crippen LogP contribution < -0.4 is 5.32 Å². The van der Waals surface area contributed by atoms with Crippen LogP contribution in [0.25, 0.3) is 0 Å². The van der Waals surface area contributed by atoms with E-state index in [1.807, 2.05) is 0 Å². The monoisotopic (exact) mass is 236 g/mol. The fraction of sp³-hybridized carbons (Fsp3) is 0.167. The van der Waals surface area contributed by atoms with Crippen molar-refractivity contribution in [3.05, 3.63) is 15.7 Å². The van der Waals surface area contributed by atoms with Gasteiger partial charge in [0.25, 0.3) is 0 Å². The molecule has 1 aromatic heterocycles. The number of hydrogen-bond acceptors (Lipinski definition) is 3. The molecular formula is C6H6BrClN2O. The predicted molar refractivity (Wildman–Crippen MR) is 48.2 cm³/mol. The van der Waals surface area contributed by atoms with Gasteiger partial charge in [-0.05, 0) is 15.9 Å². The standard InChI is InChI=1S/C6H6BrClN2O/c1-9-6-4(11)2-3(7)5(8)10-6/h2,11H,1H3,(H,9,10). The van der Waals surface area contributed by atoms with Crippen LogP contribution in [0, 0.1) is 0 Å². The van der Waals surface area contributed by atoms with Gasteiger partial charge in [0.05, 0.1) is 4.47 Å². The smallest absolute Gasteiger partial charge is 0.169 e. The molecule has 0 aliphatic carbocycles. The maximum atomic E-state index is 9.20. The summed E-state index contributed by atoms with van der Waals surface area (Å²) in [7, 11) is 1.66. The summed E-state index contributed by atoms with van der Waals surface area (Å²) in [4.78, 5) is 3.85. The number of halogens is 2. The molecule has 0 saturated heterocycles. The Labute approximate surface area is 77.5 Å². The molecule has 0 radical (unpaired) electrons. The largest absolute Gasteiger partial charge is 0.504 e. The van der Waals surface area contributed by atoms with Gasteiger partial charge in [0.2, 0.25) is 0 Å². The summed E-state index contributed by atoms with van der Waals surface area (Å²) >= 11 is 8.78. The molecule has 2 N–H and O–H groups in total. The fourth-order valence-corrected chi connectivity index (χ4v) is 1.09. The van der Waals surface area contributed by atoms with Crippen LogP contribution in [-0.2, 0) is 0 Å². The van der Waals surface area contributed by atoms with E-state index in [-0.39, 0.29) is 5.75 Å². The van der Waals surface area contributed by atoms with E-state index in [2.05, 4.69) is 26.2 Å². The first-order valence-electron chi connectivity index (χ1n) is 2.88. The van der Waals surface area contributed by atoms with Gasteiger partial charge in [0, 0.05) is 13.1 Å². The second-order valence-electron chi connectivity index (χ2n) is 1.88. The molecule has 5 heteroatoms. The SMILES string of the molecule is CNc1nc(Cl)c(Br)cc1O. The summed E-state index contributed by atoms with van der Waals surface area (Å²) in [5.41, 5.74) is 0. The quantitative estimate of drug-likeness (QED) is 0.736. The first kappa shape index (κ1) is 8.62. The van der Waals surface area contributed by atoms with E-state index in [0.717, 1.165) is 0 Å². The molecule has 0 aromatic carbocycles. The van der Waals surface area contributed by atoms with Gasteiger partial charge < -0.3 is 10.4 Å². The van der Waals surface area contributed by atoms with E-state index in [4.69, 9.17) is 11.6 Å². The Morgan fingerprint density at radius 1 is 1.73 bits per heavy atom. The van der Waals surface area contributed by atoms with Crippen molar-refractivity contribution in [3.63, 3.8) is 0 Å². The molecule has 1 aromatic rings. The zero-order chi connectivity index (χ0) is 8.43. The minimum atomic E-state index is 0.0729. The third-order valence-corrected chi connectivity index (χ3v) is 2.27. The van der Waals surface area contributed by atoms with Crippen LogP contribution in [0.1, 0.15) is 0 Å². The second-order valence-corrected chi connectivity index (χ2v) is 3.09. The van der Waals surface area contributed by atoms with E-state index >= 15 is 0 Å². The van der Waals surface area contributed by atoms with Crippen molar-refractivity contribution >= 4 is 33.3 Å². The van der Waals surface area contributed by atoms with Gasteiger partial charge in [-0.25, -0.2) is 4.98 Å². The highest BCUT2D eigenvalue weighted by Crippen LogP contribution is 2.29. The number of rotatable bonds is 1. The van der Waals surface area contributed by atoms with E-state index in [1.54, 1.807) is 7.05 Å². The average molecular weight is 237 g/mol. The highest BCUT2D eigenvalue weighted by molar-refractivity contribution is 9.10. The summed E-state index contributed by atoms with van der Waals surface area (Å²) in [6, 6.07) is 1.49. The van der Waals surface area contributed by atoms with Gasteiger partial charge in [0.1, 0.15) is 5.15 Å². The Kier molecular flexibility index (Phi) is 2.57. The normalized spacial score (nSPS) is 9.73. The van der Waals surface area contributed by atoms with Crippen molar-refractivity contribution in [1.29, 1.82) is 0 Å². The fourth-order valence-electron chi connectivity index (χ4n) is 0.641. The van der Waals surface area contributed by atoms with Crippen LogP contribution in [0.4, 0.5) is 5.82 Å². The molecule has 0 atom stereocenters. The summed E-state index contributed by atoms with van der Waals surface area (Å²) in [6.07, 6.45) is 0. The van der Waals surface area contributed by atoms with Crippen LogP contribution >= 0.6 is 27.5 Å². The Morgan fingerprint density at radius 3 is 2.91 bits per heavy atom. The van der Waals surface area contributed by atoms with E-state index in [9.17, 15) is 5.11 Å². The van der Waals surface area contributed by atoms with Gasteiger partial charge in [-0.1, -0.05) is 11.6 Å². The third-order valence-electron chi connectivity index (χ3n) is 1.15. The summed E-state index contributed by atoms with van der Waals surface area (Å²) in [5, 5.41) is 12.2. The number of anilines is 1. The molecule has 0 aliphatic heterocycles. The molecule has 1 heterocycles. The number of aromatic nitrogens is 1. The topological polar surface area (TPSA) is 45.2 Å². The van der Waals surface area contributed by atoms with Gasteiger partial charge in [-0.15, -0.1) is 0 Å². The minimum absolute atomic E-state index is 0.0729. The number of hydrogen-bond donors (Lipinski definition) is 2. The van der Waals surface area contributed by atoms with E-state index in [0.29, 0.717) is 15.4 Å². The molecular weight excluding hydrogens is 231 g/mol. The Morgan fingerprint density at radius 2 is 2.36 bits per heavy atom. The maximum absolute atomic E-state index is 9.20. The van der Waals surface area contributed by atoms with Crippen molar-refractivity contribution in [2.75, 3.05) is 12.4 Å². The molecule has 11 heavy (non-hydrogen) atoms. The van der Waals surface area contributed by atoms with Gasteiger partial charge in [-0.2, -0.15) is 0 Å². The van der Waals surface area contributed by atoms with E-state index < -0.39 is 0 Å². The van der Waals surface area contributed by atoms with Crippen molar-refractivity contribution in [3.8, 4) is 5.75 Å². The summed E-state index contributed by atoms with van der Waals surface area (Å²) < 4.78 is 0.579. The zero-order valence-electron chi connectivity index (χ0n) is 5.73. The third kappa shape index (κ3) is 1.75.